The average molecular weight is 260 g/mol. The van der Waals surface area contributed by atoms with E-state index in [4.69, 9.17) is 14.9 Å². The molecule has 2 aromatic carbocycles. The van der Waals surface area contributed by atoms with E-state index >= 15 is 0 Å². The topological polar surface area (TPSA) is 73.8 Å². The van der Waals surface area contributed by atoms with Gasteiger partial charge in [0.15, 0.2) is 0 Å². The summed E-state index contributed by atoms with van der Waals surface area (Å²) in [7, 11) is 0. The van der Waals surface area contributed by atoms with Crippen LogP contribution >= 0.6 is 0 Å². The van der Waals surface area contributed by atoms with Gasteiger partial charge in [-0.1, -0.05) is 0 Å². The van der Waals surface area contributed by atoms with E-state index in [0.717, 1.165) is 11.4 Å². The summed E-state index contributed by atoms with van der Waals surface area (Å²) < 4.78 is 5.66. The standard InChI is InChI=1S/C14H16N2O3/c17-9-15-11-1-5-13(6-2-11)19-14-7-3-12(4-8-14)16-10-18/h1-8,15-18H,9-10H2. The molecule has 5 nitrogen and oxygen atoms in total. The highest BCUT2D eigenvalue weighted by Gasteiger charge is 1.98. The molecule has 0 amide bonds. The van der Waals surface area contributed by atoms with Crippen molar-refractivity contribution in [3.8, 4) is 11.5 Å². The summed E-state index contributed by atoms with van der Waals surface area (Å²) in [6.45, 7) is -0.195. The van der Waals surface area contributed by atoms with Crippen LogP contribution in [0.5, 0.6) is 11.5 Å². The first kappa shape index (κ1) is 13.2. The van der Waals surface area contributed by atoms with Crippen molar-refractivity contribution in [2.45, 2.75) is 0 Å². The highest BCUT2D eigenvalue weighted by molar-refractivity contribution is 5.49. The highest BCUT2D eigenvalue weighted by Crippen LogP contribution is 2.24. The molecule has 0 bridgehead atoms. The smallest absolute Gasteiger partial charge is 0.127 e. The molecule has 0 fully saturated rings. The first-order chi connectivity index (χ1) is 9.31. The van der Waals surface area contributed by atoms with Gasteiger partial charge in [0.05, 0.1) is 0 Å². The van der Waals surface area contributed by atoms with Crippen LogP contribution in [0.3, 0.4) is 0 Å². The largest absolute Gasteiger partial charge is 0.457 e. The van der Waals surface area contributed by atoms with Gasteiger partial charge in [0.1, 0.15) is 25.0 Å². The Balaban J connectivity index is 1.99. The number of ether oxygens (including phenoxy) is 1. The van der Waals surface area contributed by atoms with Gasteiger partial charge in [-0.25, -0.2) is 0 Å². The van der Waals surface area contributed by atoms with E-state index in [1.807, 2.05) is 48.5 Å². The third-order valence-electron chi connectivity index (χ3n) is 2.51. The first-order valence-electron chi connectivity index (χ1n) is 5.89. The maximum absolute atomic E-state index is 8.73. The van der Waals surface area contributed by atoms with Gasteiger partial charge in [-0.05, 0) is 48.5 Å². The van der Waals surface area contributed by atoms with Crippen molar-refractivity contribution in [1.82, 2.24) is 0 Å². The maximum Gasteiger partial charge on any atom is 0.127 e. The predicted molar refractivity (Wildman–Crippen MR) is 74.4 cm³/mol. The molecule has 19 heavy (non-hydrogen) atoms. The molecular weight excluding hydrogens is 244 g/mol. The summed E-state index contributed by atoms with van der Waals surface area (Å²) in [5, 5.41) is 23.0. The Morgan fingerprint density at radius 1 is 0.684 bits per heavy atom. The third kappa shape index (κ3) is 3.87. The lowest BCUT2D eigenvalue weighted by Gasteiger charge is -2.08. The second-order valence-corrected chi connectivity index (χ2v) is 3.82. The van der Waals surface area contributed by atoms with Crippen molar-refractivity contribution in [3.05, 3.63) is 48.5 Å². The molecule has 0 aliphatic rings. The Kier molecular flexibility index (Phi) is 4.60. The number of aliphatic hydroxyl groups is 2. The van der Waals surface area contributed by atoms with Crippen molar-refractivity contribution in [2.24, 2.45) is 0 Å². The lowest BCUT2D eigenvalue weighted by atomic mass is 10.3. The Morgan fingerprint density at radius 2 is 1.05 bits per heavy atom. The number of benzene rings is 2. The van der Waals surface area contributed by atoms with Gasteiger partial charge in [0.2, 0.25) is 0 Å². The summed E-state index contributed by atoms with van der Waals surface area (Å²) in [6, 6.07) is 14.6. The fourth-order valence-corrected chi connectivity index (χ4v) is 1.60. The van der Waals surface area contributed by atoms with Gasteiger partial charge in [-0.3, -0.25) is 0 Å². The maximum atomic E-state index is 8.73. The van der Waals surface area contributed by atoms with Crippen LogP contribution in [0.15, 0.2) is 48.5 Å². The minimum absolute atomic E-state index is 0.0977. The van der Waals surface area contributed by atoms with Crippen LogP contribution in [0.25, 0.3) is 0 Å². The van der Waals surface area contributed by atoms with Gasteiger partial charge in [0, 0.05) is 11.4 Å². The van der Waals surface area contributed by atoms with E-state index in [0.29, 0.717) is 11.5 Å². The Labute approximate surface area is 111 Å². The molecule has 0 aliphatic carbocycles. The van der Waals surface area contributed by atoms with E-state index in [2.05, 4.69) is 10.6 Å². The second kappa shape index (κ2) is 6.63. The molecule has 0 saturated carbocycles. The normalized spacial score (nSPS) is 10.0. The lowest BCUT2D eigenvalue weighted by molar-refractivity contribution is 0.325. The molecule has 0 saturated heterocycles. The van der Waals surface area contributed by atoms with E-state index in [1.165, 1.54) is 0 Å². The highest BCUT2D eigenvalue weighted by atomic mass is 16.5. The Bertz CT molecular complexity index is 450. The number of hydrogen-bond donors (Lipinski definition) is 4. The SMILES string of the molecule is OCNc1ccc(Oc2ccc(NCO)cc2)cc1. The Morgan fingerprint density at radius 3 is 1.37 bits per heavy atom. The average Bonchev–Trinajstić information content (AvgIpc) is 2.44. The van der Waals surface area contributed by atoms with Crippen molar-refractivity contribution in [2.75, 3.05) is 24.1 Å². The van der Waals surface area contributed by atoms with Crippen LogP contribution in [0.2, 0.25) is 0 Å². The van der Waals surface area contributed by atoms with Gasteiger partial charge >= 0.3 is 0 Å². The quantitative estimate of drug-likeness (QED) is 0.599. The molecule has 2 aromatic rings. The molecule has 0 radical (unpaired) electrons. The van der Waals surface area contributed by atoms with E-state index in [1.54, 1.807) is 0 Å². The molecule has 0 atom stereocenters. The fourth-order valence-electron chi connectivity index (χ4n) is 1.60. The molecule has 0 spiro atoms. The number of rotatable bonds is 6. The van der Waals surface area contributed by atoms with Crippen LogP contribution in [0, 0.1) is 0 Å². The molecule has 0 unspecified atom stereocenters. The summed E-state index contributed by atoms with van der Waals surface area (Å²) in [4.78, 5) is 0. The molecule has 0 aliphatic heterocycles. The van der Waals surface area contributed by atoms with Crippen LogP contribution in [0.1, 0.15) is 0 Å². The third-order valence-corrected chi connectivity index (χ3v) is 2.51. The van der Waals surface area contributed by atoms with Crippen molar-refractivity contribution < 1.29 is 14.9 Å². The van der Waals surface area contributed by atoms with Crippen LogP contribution in [-0.4, -0.2) is 23.7 Å². The molecule has 2 rings (SSSR count). The summed E-state index contributed by atoms with van der Waals surface area (Å²) in [6.07, 6.45) is 0. The van der Waals surface area contributed by atoms with Crippen LogP contribution in [0.4, 0.5) is 11.4 Å². The van der Waals surface area contributed by atoms with Crippen molar-refractivity contribution in [3.63, 3.8) is 0 Å². The number of nitrogens with one attached hydrogen (secondary N) is 2. The zero-order valence-corrected chi connectivity index (χ0v) is 10.3. The van der Waals surface area contributed by atoms with Crippen LogP contribution < -0.4 is 15.4 Å². The van der Waals surface area contributed by atoms with Gasteiger partial charge in [0.25, 0.3) is 0 Å². The molecule has 0 aromatic heterocycles. The van der Waals surface area contributed by atoms with Crippen LogP contribution in [-0.2, 0) is 0 Å². The Hall–Kier alpha value is -2.24. The zero-order valence-electron chi connectivity index (χ0n) is 10.3. The number of aliphatic hydroxyl groups excluding tert-OH is 2. The molecule has 100 valence electrons. The monoisotopic (exact) mass is 260 g/mol. The number of hydrogen-bond acceptors (Lipinski definition) is 5. The van der Waals surface area contributed by atoms with Gasteiger partial charge < -0.3 is 25.6 Å². The molecular formula is C14H16N2O3. The summed E-state index contributed by atoms with van der Waals surface area (Å²) >= 11 is 0. The minimum atomic E-state index is -0.0977. The van der Waals surface area contributed by atoms with E-state index in [9.17, 15) is 0 Å². The molecule has 4 N–H and O–H groups in total. The molecule has 0 heterocycles. The van der Waals surface area contributed by atoms with Crippen molar-refractivity contribution >= 4 is 11.4 Å². The van der Waals surface area contributed by atoms with Gasteiger partial charge in [-0.2, -0.15) is 0 Å². The summed E-state index contributed by atoms with van der Waals surface area (Å²) in [5.74, 6) is 1.43. The minimum Gasteiger partial charge on any atom is -0.457 e. The molecule has 5 heteroatoms. The zero-order chi connectivity index (χ0) is 13.5. The second-order valence-electron chi connectivity index (χ2n) is 3.82. The summed E-state index contributed by atoms with van der Waals surface area (Å²) in [5.41, 5.74) is 1.66. The number of anilines is 2. The fraction of sp³-hybridized carbons (Fsp3) is 0.143. The van der Waals surface area contributed by atoms with Gasteiger partial charge in [-0.15, -0.1) is 0 Å². The van der Waals surface area contributed by atoms with Crippen molar-refractivity contribution in [1.29, 1.82) is 0 Å². The predicted octanol–water partition coefficient (Wildman–Crippen LogP) is 2.20. The lowest BCUT2D eigenvalue weighted by Crippen LogP contribution is -1.99. The van der Waals surface area contributed by atoms with E-state index < -0.39 is 0 Å². The van der Waals surface area contributed by atoms with E-state index in [-0.39, 0.29) is 13.5 Å². The first-order valence-corrected chi connectivity index (χ1v) is 5.89.